The van der Waals surface area contributed by atoms with Crippen LogP contribution in [0.1, 0.15) is 65.1 Å². The fraction of sp³-hybridized carbons (Fsp3) is 0.800. The smallest absolute Gasteiger partial charge is 0.407 e. The van der Waals surface area contributed by atoms with Gasteiger partial charge in [-0.15, -0.1) is 0 Å². The Labute approximate surface area is 171 Å². The van der Waals surface area contributed by atoms with E-state index in [-0.39, 0.29) is 24.2 Å². The van der Waals surface area contributed by atoms with Crippen molar-refractivity contribution in [3.8, 4) is 0 Å². The number of hydrogen-bond acceptors (Lipinski definition) is 5. The van der Waals surface area contributed by atoms with E-state index in [1.165, 1.54) is 4.68 Å². The minimum Gasteiger partial charge on any atom is -0.444 e. The van der Waals surface area contributed by atoms with Gasteiger partial charge in [0.05, 0.1) is 0 Å². The molecule has 1 atom stereocenters. The molecule has 2 aliphatic heterocycles. The number of rotatable bonds is 4. The second-order valence-corrected chi connectivity index (χ2v) is 8.94. The SMILES string of the molecule is CC(C)(C)OC(=O)NCC1CCCCN1C(=O)Cn1nc2n(c1=O)CCCCC2. The first-order valence-electron chi connectivity index (χ1n) is 10.7. The molecule has 1 aromatic rings. The summed E-state index contributed by atoms with van der Waals surface area (Å²) in [5.74, 6) is 0.651. The molecule has 0 saturated carbocycles. The van der Waals surface area contributed by atoms with Gasteiger partial charge in [0.1, 0.15) is 18.0 Å². The molecule has 3 rings (SSSR count). The maximum atomic E-state index is 13.0. The van der Waals surface area contributed by atoms with Gasteiger partial charge in [-0.3, -0.25) is 9.36 Å². The number of carbonyl (C=O) groups excluding carboxylic acids is 2. The first-order valence-corrected chi connectivity index (χ1v) is 10.7. The van der Waals surface area contributed by atoms with Crippen molar-refractivity contribution in [3.63, 3.8) is 0 Å². The number of fused-ring (bicyclic) bond motifs is 1. The molecule has 2 aliphatic rings. The maximum Gasteiger partial charge on any atom is 0.407 e. The zero-order chi connectivity index (χ0) is 21.0. The standard InChI is InChI=1S/C20H33N5O4/c1-20(2,3)29-18(27)21-13-15-9-6-8-11-23(15)17(26)14-25-19(28)24-12-7-4-5-10-16(24)22-25/h15H,4-14H2,1-3H3,(H,21,27). The Morgan fingerprint density at radius 1 is 1.14 bits per heavy atom. The summed E-state index contributed by atoms with van der Waals surface area (Å²) < 4.78 is 8.29. The molecule has 0 radical (unpaired) electrons. The molecule has 9 nitrogen and oxygen atoms in total. The van der Waals surface area contributed by atoms with E-state index in [0.717, 1.165) is 50.8 Å². The van der Waals surface area contributed by atoms with E-state index in [1.54, 1.807) is 9.47 Å². The molecule has 0 spiro atoms. The van der Waals surface area contributed by atoms with Crippen LogP contribution in [0.15, 0.2) is 4.79 Å². The summed E-state index contributed by atoms with van der Waals surface area (Å²) in [6.07, 6.45) is 6.13. The van der Waals surface area contributed by atoms with Crippen LogP contribution in [-0.4, -0.2) is 56.0 Å². The number of aryl methyl sites for hydroxylation is 1. The molecule has 2 amide bonds. The minimum absolute atomic E-state index is 0.0538. The number of hydrogen-bond donors (Lipinski definition) is 1. The van der Waals surface area contributed by atoms with Crippen molar-refractivity contribution in [3.05, 3.63) is 16.3 Å². The lowest BCUT2D eigenvalue weighted by Gasteiger charge is -2.36. The fourth-order valence-electron chi connectivity index (χ4n) is 4.00. The van der Waals surface area contributed by atoms with Crippen LogP contribution in [0.4, 0.5) is 4.79 Å². The largest absolute Gasteiger partial charge is 0.444 e. The number of carbonyl (C=O) groups is 2. The molecule has 9 heteroatoms. The number of likely N-dealkylation sites (tertiary alicyclic amines) is 1. The molecule has 0 aromatic carbocycles. The minimum atomic E-state index is -0.563. The lowest BCUT2D eigenvalue weighted by Crippen LogP contribution is -2.51. The fourth-order valence-corrected chi connectivity index (χ4v) is 4.00. The molecule has 3 heterocycles. The molecular weight excluding hydrogens is 374 g/mol. The summed E-state index contributed by atoms with van der Waals surface area (Å²) in [7, 11) is 0. The highest BCUT2D eigenvalue weighted by molar-refractivity contribution is 5.76. The molecule has 1 N–H and O–H groups in total. The lowest BCUT2D eigenvalue weighted by molar-refractivity contribution is -0.135. The van der Waals surface area contributed by atoms with E-state index < -0.39 is 11.7 Å². The Kier molecular flexibility index (Phi) is 6.64. The van der Waals surface area contributed by atoms with Crippen molar-refractivity contribution in [1.29, 1.82) is 0 Å². The van der Waals surface area contributed by atoms with Crippen molar-refractivity contribution in [2.75, 3.05) is 13.1 Å². The van der Waals surface area contributed by atoms with Crippen molar-refractivity contribution < 1.29 is 14.3 Å². The maximum absolute atomic E-state index is 13.0. The summed E-state index contributed by atoms with van der Waals surface area (Å²) in [5, 5.41) is 7.19. The molecule has 1 saturated heterocycles. The second kappa shape index (κ2) is 9.00. The Morgan fingerprint density at radius 3 is 2.66 bits per heavy atom. The van der Waals surface area contributed by atoms with Crippen LogP contribution in [0.2, 0.25) is 0 Å². The van der Waals surface area contributed by atoms with Crippen molar-refractivity contribution in [1.82, 2.24) is 24.6 Å². The molecular formula is C20H33N5O4. The van der Waals surface area contributed by atoms with Crippen molar-refractivity contribution in [2.45, 2.75) is 90.4 Å². The Morgan fingerprint density at radius 2 is 1.90 bits per heavy atom. The zero-order valence-corrected chi connectivity index (χ0v) is 17.8. The quantitative estimate of drug-likeness (QED) is 0.819. The highest BCUT2D eigenvalue weighted by Gasteiger charge is 2.29. The van der Waals surface area contributed by atoms with Gasteiger partial charge in [-0.05, 0) is 52.9 Å². The van der Waals surface area contributed by atoms with Gasteiger partial charge in [-0.1, -0.05) is 6.42 Å². The van der Waals surface area contributed by atoms with Crippen LogP contribution in [0.5, 0.6) is 0 Å². The number of ether oxygens (including phenoxy) is 1. The monoisotopic (exact) mass is 407 g/mol. The number of nitrogens with zero attached hydrogens (tertiary/aromatic N) is 4. The van der Waals surface area contributed by atoms with Crippen molar-refractivity contribution >= 4 is 12.0 Å². The summed E-state index contributed by atoms with van der Waals surface area (Å²) in [5.41, 5.74) is -0.761. The number of aromatic nitrogens is 3. The number of amides is 2. The Balaban J connectivity index is 1.62. The topological polar surface area (TPSA) is 98.5 Å². The van der Waals surface area contributed by atoms with Crippen LogP contribution in [-0.2, 0) is 29.0 Å². The summed E-state index contributed by atoms with van der Waals surface area (Å²) >= 11 is 0. The Hall–Kier alpha value is -2.32. The van der Waals surface area contributed by atoms with Crippen LogP contribution >= 0.6 is 0 Å². The molecule has 162 valence electrons. The predicted octanol–water partition coefficient (Wildman–Crippen LogP) is 1.68. The summed E-state index contributed by atoms with van der Waals surface area (Å²) in [4.78, 5) is 39.3. The van der Waals surface area contributed by atoms with Gasteiger partial charge in [0, 0.05) is 32.1 Å². The first kappa shape index (κ1) is 21.4. The highest BCUT2D eigenvalue weighted by Crippen LogP contribution is 2.18. The average Bonchev–Trinajstić information content (AvgIpc) is 2.82. The normalized spacial score (nSPS) is 20.0. The van der Waals surface area contributed by atoms with Gasteiger partial charge in [0.25, 0.3) is 0 Å². The molecule has 1 unspecified atom stereocenters. The zero-order valence-electron chi connectivity index (χ0n) is 17.8. The van der Waals surface area contributed by atoms with Crippen molar-refractivity contribution in [2.24, 2.45) is 0 Å². The van der Waals surface area contributed by atoms with E-state index in [4.69, 9.17) is 4.74 Å². The number of alkyl carbamates (subject to hydrolysis) is 1. The summed E-state index contributed by atoms with van der Waals surface area (Å²) in [6, 6.07) is -0.0973. The van der Waals surface area contributed by atoms with Crippen LogP contribution in [0.25, 0.3) is 0 Å². The van der Waals surface area contributed by atoms with E-state index in [0.29, 0.717) is 19.6 Å². The van der Waals surface area contributed by atoms with E-state index in [2.05, 4.69) is 10.4 Å². The molecule has 1 aromatic heterocycles. The molecule has 0 bridgehead atoms. The molecule has 0 aliphatic carbocycles. The van der Waals surface area contributed by atoms with Gasteiger partial charge in [0.2, 0.25) is 5.91 Å². The average molecular weight is 408 g/mol. The molecule has 1 fully saturated rings. The van der Waals surface area contributed by atoms with Gasteiger partial charge < -0.3 is 15.0 Å². The van der Waals surface area contributed by atoms with Gasteiger partial charge >= 0.3 is 11.8 Å². The third-order valence-electron chi connectivity index (χ3n) is 5.39. The van der Waals surface area contributed by atoms with Crippen LogP contribution in [0, 0.1) is 0 Å². The first-order chi connectivity index (χ1) is 13.7. The van der Waals surface area contributed by atoms with E-state index in [9.17, 15) is 14.4 Å². The van der Waals surface area contributed by atoms with Gasteiger partial charge in [-0.2, -0.15) is 5.10 Å². The number of piperidine rings is 1. The lowest BCUT2D eigenvalue weighted by atomic mass is 10.0. The van der Waals surface area contributed by atoms with E-state index >= 15 is 0 Å². The summed E-state index contributed by atoms with van der Waals surface area (Å²) in [6.45, 7) is 7.03. The molecule has 29 heavy (non-hydrogen) atoms. The third kappa shape index (κ3) is 5.61. The third-order valence-corrected chi connectivity index (χ3v) is 5.39. The number of nitrogens with one attached hydrogen (secondary N) is 1. The van der Waals surface area contributed by atoms with E-state index in [1.807, 2.05) is 20.8 Å². The predicted molar refractivity (Wildman–Crippen MR) is 108 cm³/mol. The van der Waals surface area contributed by atoms with Crippen LogP contribution < -0.4 is 11.0 Å². The van der Waals surface area contributed by atoms with Gasteiger partial charge in [0.15, 0.2) is 0 Å². The highest BCUT2D eigenvalue weighted by atomic mass is 16.6. The Bertz CT molecular complexity index is 792. The van der Waals surface area contributed by atoms with Gasteiger partial charge in [-0.25, -0.2) is 14.3 Å². The van der Waals surface area contributed by atoms with Crippen LogP contribution in [0.3, 0.4) is 0 Å². The second-order valence-electron chi connectivity index (χ2n) is 8.94.